The van der Waals surface area contributed by atoms with Gasteiger partial charge in [-0.15, -0.1) is 0 Å². The normalized spacial score (nSPS) is 11.4. The number of sulfonamides is 1. The molecule has 0 unspecified atom stereocenters. The van der Waals surface area contributed by atoms with Gasteiger partial charge in [-0.2, -0.15) is 5.10 Å². The van der Waals surface area contributed by atoms with E-state index in [1.165, 1.54) is 0 Å². The molecule has 0 atom stereocenters. The van der Waals surface area contributed by atoms with Gasteiger partial charge in [0, 0.05) is 11.8 Å². The summed E-state index contributed by atoms with van der Waals surface area (Å²) in [5.41, 5.74) is 1.50. The Morgan fingerprint density at radius 3 is 2.53 bits per heavy atom. The van der Waals surface area contributed by atoms with Crippen LogP contribution in [-0.4, -0.2) is 18.6 Å². The van der Waals surface area contributed by atoms with E-state index in [-0.39, 0.29) is 4.90 Å². The van der Waals surface area contributed by atoms with Crippen molar-refractivity contribution in [3.8, 4) is 0 Å². The number of aromatic amines is 1. The first-order valence-electron chi connectivity index (χ1n) is 5.09. The first-order valence-corrected chi connectivity index (χ1v) is 6.58. The number of aryl methyl sites for hydroxylation is 2. The highest BCUT2D eigenvalue weighted by Gasteiger charge is 2.17. The molecule has 0 spiro atoms. The van der Waals surface area contributed by atoms with Crippen molar-refractivity contribution in [3.63, 3.8) is 0 Å². The summed E-state index contributed by atoms with van der Waals surface area (Å²) in [6.45, 7) is 3.56. The van der Waals surface area contributed by atoms with Gasteiger partial charge in [0.1, 0.15) is 0 Å². The maximum Gasteiger partial charge on any atom is 0.263 e. The van der Waals surface area contributed by atoms with Gasteiger partial charge in [-0.25, -0.2) is 8.42 Å². The number of aromatic nitrogens is 2. The molecular weight excluding hydrogens is 238 g/mol. The van der Waals surface area contributed by atoms with Gasteiger partial charge in [-0.1, -0.05) is 18.2 Å². The molecule has 0 fully saturated rings. The summed E-state index contributed by atoms with van der Waals surface area (Å²) in [5, 5.41) is 6.52. The van der Waals surface area contributed by atoms with E-state index in [1.54, 1.807) is 44.2 Å². The van der Waals surface area contributed by atoms with Crippen LogP contribution >= 0.6 is 0 Å². The summed E-state index contributed by atoms with van der Waals surface area (Å²) in [4.78, 5) is 0.264. The summed E-state index contributed by atoms with van der Waals surface area (Å²) in [6.07, 6.45) is 0. The molecule has 0 aliphatic rings. The Morgan fingerprint density at radius 1 is 1.24 bits per heavy atom. The smallest absolute Gasteiger partial charge is 0.263 e. The van der Waals surface area contributed by atoms with Crippen LogP contribution in [0.5, 0.6) is 0 Å². The number of anilines is 1. The monoisotopic (exact) mass is 251 g/mol. The first kappa shape index (κ1) is 11.7. The standard InChI is InChI=1S/C11H13N3O2S/c1-8-5-3-4-6-10(8)17(15,16)14-11-7-9(2)12-13-11/h3-7H,1-2H3,(H2,12,13,14). The highest BCUT2D eigenvalue weighted by atomic mass is 32.2. The van der Waals surface area contributed by atoms with Gasteiger partial charge >= 0.3 is 0 Å². The van der Waals surface area contributed by atoms with Crippen LogP contribution in [0.2, 0.25) is 0 Å². The van der Waals surface area contributed by atoms with Crippen molar-refractivity contribution < 1.29 is 8.42 Å². The molecule has 2 aromatic rings. The van der Waals surface area contributed by atoms with Crippen LogP contribution in [0, 0.1) is 13.8 Å². The molecule has 0 saturated carbocycles. The quantitative estimate of drug-likeness (QED) is 0.873. The van der Waals surface area contributed by atoms with Crippen molar-refractivity contribution in [2.45, 2.75) is 18.7 Å². The molecule has 17 heavy (non-hydrogen) atoms. The first-order chi connectivity index (χ1) is 7.99. The van der Waals surface area contributed by atoms with E-state index in [0.29, 0.717) is 11.4 Å². The van der Waals surface area contributed by atoms with Crippen molar-refractivity contribution in [1.29, 1.82) is 0 Å². The van der Waals surface area contributed by atoms with Gasteiger partial charge in [0.2, 0.25) is 0 Å². The molecule has 1 aromatic carbocycles. The molecule has 0 amide bonds. The lowest BCUT2D eigenvalue weighted by atomic mass is 10.2. The third-order valence-electron chi connectivity index (χ3n) is 2.33. The zero-order valence-corrected chi connectivity index (χ0v) is 10.4. The van der Waals surface area contributed by atoms with E-state index >= 15 is 0 Å². The molecule has 0 aliphatic heterocycles. The topological polar surface area (TPSA) is 74.8 Å². The fourth-order valence-corrected chi connectivity index (χ4v) is 2.76. The highest BCUT2D eigenvalue weighted by Crippen LogP contribution is 2.17. The van der Waals surface area contributed by atoms with Crippen molar-refractivity contribution >= 4 is 15.8 Å². The zero-order chi connectivity index (χ0) is 12.5. The summed E-state index contributed by atoms with van der Waals surface area (Å²) in [7, 11) is -3.56. The van der Waals surface area contributed by atoms with Gasteiger partial charge in [0.15, 0.2) is 5.82 Å². The maximum atomic E-state index is 12.1. The lowest BCUT2D eigenvalue weighted by molar-refractivity contribution is 0.600. The van der Waals surface area contributed by atoms with Crippen LogP contribution in [0.4, 0.5) is 5.82 Å². The number of H-pyrrole nitrogens is 1. The van der Waals surface area contributed by atoms with Crippen molar-refractivity contribution in [3.05, 3.63) is 41.6 Å². The predicted octanol–water partition coefficient (Wildman–Crippen LogP) is 1.83. The number of hydrogen-bond acceptors (Lipinski definition) is 3. The Hall–Kier alpha value is -1.82. The Morgan fingerprint density at radius 2 is 1.94 bits per heavy atom. The molecule has 1 heterocycles. The molecule has 0 bridgehead atoms. The number of nitrogens with zero attached hydrogens (tertiary/aromatic N) is 1. The van der Waals surface area contributed by atoms with Gasteiger partial charge < -0.3 is 0 Å². The molecule has 5 nitrogen and oxygen atoms in total. The van der Waals surface area contributed by atoms with Gasteiger partial charge in [-0.05, 0) is 25.5 Å². The number of benzene rings is 1. The summed E-state index contributed by atoms with van der Waals surface area (Å²) >= 11 is 0. The lowest BCUT2D eigenvalue weighted by Gasteiger charge is -2.07. The Kier molecular flexibility index (Phi) is 2.89. The minimum absolute atomic E-state index is 0.264. The van der Waals surface area contributed by atoms with Crippen LogP contribution < -0.4 is 4.72 Å². The zero-order valence-electron chi connectivity index (χ0n) is 9.56. The average molecular weight is 251 g/mol. The Bertz CT molecular complexity index is 632. The molecule has 2 rings (SSSR count). The minimum Gasteiger partial charge on any atom is -0.281 e. The largest absolute Gasteiger partial charge is 0.281 e. The van der Waals surface area contributed by atoms with Crippen LogP contribution in [0.15, 0.2) is 35.2 Å². The highest BCUT2D eigenvalue weighted by molar-refractivity contribution is 7.92. The number of hydrogen-bond donors (Lipinski definition) is 2. The summed E-state index contributed by atoms with van der Waals surface area (Å²) < 4.78 is 26.6. The maximum absolute atomic E-state index is 12.1. The number of rotatable bonds is 3. The van der Waals surface area contributed by atoms with E-state index in [0.717, 1.165) is 5.69 Å². The fourth-order valence-electron chi connectivity index (χ4n) is 1.52. The third kappa shape index (κ3) is 2.47. The molecule has 0 saturated heterocycles. The van der Waals surface area contributed by atoms with Gasteiger partial charge in [0.25, 0.3) is 10.0 Å². The third-order valence-corrected chi connectivity index (χ3v) is 3.84. The van der Waals surface area contributed by atoms with Crippen molar-refractivity contribution in [1.82, 2.24) is 10.2 Å². The average Bonchev–Trinajstić information content (AvgIpc) is 2.63. The van der Waals surface area contributed by atoms with Crippen molar-refractivity contribution in [2.75, 3.05) is 4.72 Å². The molecule has 0 radical (unpaired) electrons. The van der Waals surface area contributed by atoms with Crippen molar-refractivity contribution in [2.24, 2.45) is 0 Å². The Labute approximate surface area is 99.9 Å². The molecule has 1 aromatic heterocycles. The second-order valence-electron chi connectivity index (χ2n) is 3.81. The number of nitrogens with one attached hydrogen (secondary N) is 2. The second kappa shape index (κ2) is 4.21. The van der Waals surface area contributed by atoms with Crippen LogP contribution in [0.3, 0.4) is 0 Å². The van der Waals surface area contributed by atoms with Crippen LogP contribution in [0.25, 0.3) is 0 Å². The minimum atomic E-state index is -3.56. The van der Waals surface area contributed by atoms with E-state index in [9.17, 15) is 8.42 Å². The molecule has 90 valence electrons. The fraction of sp³-hybridized carbons (Fsp3) is 0.182. The van der Waals surface area contributed by atoms with E-state index < -0.39 is 10.0 Å². The SMILES string of the molecule is Cc1cc(NS(=O)(=O)c2ccccc2C)n[nH]1. The van der Waals surface area contributed by atoms with E-state index in [4.69, 9.17) is 0 Å². The second-order valence-corrected chi connectivity index (χ2v) is 5.46. The summed E-state index contributed by atoms with van der Waals surface area (Å²) in [5.74, 6) is 0.297. The van der Waals surface area contributed by atoms with E-state index in [2.05, 4.69) is 14.9 Å². The Balaban J connectivity index is 2.35. The molecule has 0 aliphatic carbocycles. The molecule has 2 N–H and O–H groups in total. The van der Waals surface area contributed by atoms with E-state index in [1.807, 2.05) is 0 Å². The van der Waals surface area contributed by atoms with Crippen LogP contribution in [0.1, 0.15) is 11.3 Å². The molecule has 6 heteroatoms. The van der Waals surface area contributed by atoms with Crippen LogP contribution in [-0.2, 0) is 10.0 Å². The predicted molar refractivity (Wildman–Crippen MR) is 65.3 cm³/mol. The van der Waals surface area contributed by atoms with Gasteiger partial charge in [0.05, 0.1) is 4.90 Å². The van der Waals surface area contributed by atoms with Gasteiger partial charge in [-0.3, -0.25) is 9.82 Å². The lowest BCUT2D eigenvalue weighted by Crippen LogP contribution is -2.14. The summed E-state index contributed by atoms with van der Waals surface area (Å²) in [6, 6.07) is 8.45. The molecular formula is C11H13N3O2S.